The largest absolute Gasteiger partial charge is 0.495 e. The summed E-state index contributed by atoms with van der Waals surface area (Å²) in [5.41, 5.74) is 2.38. The summed E-state index contributed by atoms with van der Waals surface area (Å²) in [4.78, 5) is 18.1. The number of benzene rings is 3. The maximum atomic E-state index is 13.1. The molecule has 9 nitrogen and oxygen atoms in total. The van der Waals surface area contributed by atoms with E-state index in [0.29, 0.717) is 47.3 Å². The zero-order valence-electron chi connectivity index (χ0n) is 21.6. The standard InChI is InChI=1S/C27H29N3O6S2/c1-5-36-17-16-30-24-22(34-3)14-15-23(35-4)25(24)37-27(30)28-26(31)19-8-10-20(11-9-19)29-38(32,33)21-12-6-18(2)7-13-21/h6-15,29H,5,16-17H2,1-4H3. The fraction of sp³-hybridized carbons (Fsp3) is 0.259. The van der Waals surface area contributed by atoms with Crippen molar-refractivity contribution < 1.29 is 27.4 Å². The van der Waals surface area contributed by atoms with Crippen LogP contribution in [0, 0.1) is 6.92 Å². The van der Waals surface area contributed by atoms with Crippen LogP contribution in [0.1, 0.15) is 22.8 Å². The molecule has 1 aromatic heterocycles. The summed E-state index contributed by atoms with van der Waals surface area (Å²) in [6, 6.07) is 16.3. The average molecular weight is 556 g/mol. The van der Waals surface area contributed by atoms with Crippen LogP contribution < -0.4 is 19.0 Å². The minimum atomic E-state index is -3.75. The van der Waals surface area contributed by atoms with Crippen LogP contribution in [-0.2, 0) is 21.3 Å². The number of methoxy groups -OCH3 is 2. The van der Waals surface area contributed by atoms with E-state index in [1.807, 2.05) is 30.5 Å². The number of hydrogen-bond donors (Lipinski definition) is 1. The molecule has 0 aliphatic heterocycles. The molecule has 38 heavy (non-hydrogen) atoms. The number of thiazole rings is 1. The molecule has 0 spiro atoms. The zero-order valence-corrected chi connectivity index (χ0v) is 23.2. The minimum absolute atomic E-state index is 0.158. The van der Waals surface area contributed by atoms with Crippen LogP contribution in [0.25, 0.3) is 10.2 Å². The van der Waals surface area contributed by atoms with Gasteiger partial charge in [-0.2, -0.15) is 4.99 Å². The van der Waals surface area contributed by atoms with Gasteiger partial charge in [-0.3, -0.25) is 9.52 Å². The number of carbonyl (C=O) groups excluding carboxylic acids is 1. The third kappa shape index (κ3) is 5.90. The Morgan fingerprint density at radius 2 is 1.63 bits per heavy atom. The van der Waals surface area contributed by atoms with Crippen molar-refractivity contribution in [3.05, 3.63) is 76.6 Å². The Kier molecular flexibility index (Phi) is 8.50. The lowest BCUT2D eigenvalue weighted by atomic mass is 10.2. The number of carbonyl (C=O) groups is 1. The van der Waals surface area contributed by atoms with Gasteiger partial charge in [0.15, 0.2) is 4.80 Å². The maximum Gasteiger partial charge on any atom is 0.279 e. The number of hydrogen-bond acceptors (Lipinski definition) is 7. The summed E-state index contributed by atoms with van der Waals surface area (Å²) in [5, 5.41) is 0. The molecule has 0 saturated carbocycles. The van der Waals surface area contributed by atoms with Crippen molar-refractivity contribution in [3.8, 4) is 11.5 Å². The van der Waals surface area contributed by atoms with E-state index in [2.05, 4.69) is 9.71 Å². The van der Waals surface area contributed by atoms with Gasteiger partial charge in [0.25, 0.3) is 15.9 Å². The van der Waals surface area contributed by atoms with Gasteiger partial charge in [0.2, 0.25) is 0 Å². The van der Waals surface area contributed by atoms with Crippen molar-refractivity contribution >= 4 is 43.2 Å². The van der Waals surface area contributed by atoms with Crippen molar-refractivity contribution in [2.75, 3.05) is 32.2 Å². The van der Waals surface area contributed by atoms with Crippen LogP contribution in [0.15, 0.2) is 70.6 Å². The molecular formula is C27H29N3O6S2. The first-order valence-electron chi connectivity index (χ1n) is 11.9. The monoisotopic (exact) mass is 555 g/mol. The molecule has 200 valence electrons. The molecule has 4 rings (SSSR count). The lowest BCUT2D eigenvalue weighted by Crippen LogP contribution is -2.20. The maximum absolute atomic E-state index is 13.1. The molecule has 4 aromatic rings. The molecule has 1 amide bonds. The van der Waals surface area contributed by atoms with E-state index in [9.17, 15) is 13.2 Å². The van der Waals surface area contributed by atoms with Gasteiger partial charge in [0.05, 0.1) is 25.7 Å². The number of fused-ring (bicyclic) bond motifs is 1. The van der Waals surface area contributed by atoms with Gasteiger partial charge in [-0.1, -0.05) is 29.0 Å². The molecule has 3 aromatic carbocycles. The minimum Gasteiger partial charge on any atom is -0.495 e. The summed E-state index contributed by atoms with van der Waals surface area (Å²) in [7, 11) is -0.581. The Balaban J connectivity index is 1.66. The molecule has 0 radical (unpaired) electrons. The highest BCUT2D eigenvalue weighted by Gasteiger charge is 2.18. The molecule has 0 unspecified atom stereocenters. The van der Waals surface area contributed by atoms with Crippen molar-refractivity contribution in [2.45, 2.75) is 25.3 Å². The number of ether oxygens (including phenoxy) is 3. The van der Waals surface area contributed by atoms with E-state index >= 15 is 0 Å². The number of nitrogens with one attached hydrogen (secondary N) is 1. The second-order valence-electron chi connectivity index (χ2n) is 8.29. The number of nitrogens with zero attached hydrogens (tertiary/aromatic N) is 2. The number of aryl methyl sites for hydroxylation is 1. The van der Waals surface area contributed by atoms with Gasteiger partial charge in [-0.25, -0.2) is 8.42 Å². The van der Waals surface area contributed by atoms with Gasteiger partial charge in [0, 0.05) is 24.4 Å². The third-order valence-corrected chi connectivity index (χ3v) is 8.26. The number of amides is 1. The highest BCUT2D eigenvalue weighted by molar-refractivity contribution is 7.92. The van der Waals surface area contributed by atoms with Crippen molar-refractivity contribution in [3.63, 3.8) is 0 Å². The Labute approximate surface area is 225 Å². The highest BCUT2D eigenvalue weighted by atomic mass is 32.2. The van der Waals surface area contributed by atoms with Crippen LogP contribution in [0.2, 0.25) is 0 Å². The normalized spacial score (nSPS) is 12.1. The summed E-state index contributed by atoms with van der Waals surface area (Å²) in [6.45, 7) is 5.26. The molecule has 11 heteroatoms. The SMILES string of the molecule is CCOCCn1c(=NC(=O)c2ccc(NS(=O)(=O)c3ccc(C)cc3)cc2)sc2c(OC)ccc(OC)c21. The number of anilines is 1. The Bertz CT molecular complexity index is 1610. The van der Waals surface area contributed by atoms with Crippen LogP contribution >= 0.6 is 11.3 Å². The van der Waals surface area contributed by atoms with Gasteiger partial charge in [-0.15, -0.1) is 0 Å². The molecule has 0 fully saturated rings. The van der Waals surface area contributed by atoms with E-state index in [4.69, 9.17) is 14.2 Å². The summed E-state index contributed by atoms with van der Waals surface area (Å²) < 4.78 is 47.2. The van der Waals surface area contributed by atoms with Gasteiger partial charge in [0.1, 0.15) is 21.7 Å². The molecule has 1 heterocycles. The van der Waals surface area contributed by atoms with Crippen molar-refractivity contribution in [1.29, 1.82) is 0 Å². The van der Waals surface area contributed by atoms with Crippen LogP contribution in [0.3, 0.4) is 0 Å². The number of aromatic nitrogens is 1. The fourth-order valence-electron chi connectivity index (χ4n) is 3.81. The lowest BCUT2D eigenvalue weighted by Gasteiger charge is -2.10. The Morgan fingerprint density at radius 1 is 0.974 bits per heavy atom. The molecule has 0 aliphatic rings. The third-order valence-electron chi connectivity index (χ3n) is 5.77. The smallest absolute Gasteiger partial charge is 0.279 e. The first-order valence-corrected chi connectivity index (χ1v) is 14.2. The molecule has 0 atom stereocenters. The van der Waals surface area contributed by atoms with E-state index in [1.54, 1.807) is 38.5 Å². The zero-order chi connectivity index (χ0) is 27.3. The molecule has 0 saturated heterocycles. The van der Waals surface area contributed by atoms with Crippen LogP contribution in [0.4, 0.5) is 5.69 Å². The van der Waals surface area contributed by atoms with E-state index in [1.165, 1.54) is 35.6 Å². The summed E-state index contributed by atoms with van der Waals surface area (Å²) in [5.74, 6) is 0.815. The number of rotatable bonds is 10. The average Bonchev–Trinajstić information content (AvgIpc) is 3.26. The van der Waals surface area contributed by atoms with Gasteiger partial charge >= 0.3 is 0 Å². The van der Waals surface area contributed by atoms with E-state index in [0.717, 1.165) is 15.8 Å². The quantitative estimate of drug-likeness (QED) is 0.287. The van der Waals surface area contributed by atoms with E-state index in [-0.39, 0.29) is 4.90 Å². The van der Waals surface area contributed by atoms with Gasteiger partial charge in [-0.05, 0) is 62.4 Å². The lowest BCUT2D eigenvalue weighted by molar-refractivity contribution is 0.0996. The van der Waals surface area contributed by atoms with Crippen molar-refractivity contribution in [1.82, 2.24) is 4.57 Å². The summed E-state index contributed by atoms with van der Waals surface area (Å²) in [6.07, 6.45) is 0. The molecule has 0 bridgehead atoms. The van der Waals surface area contributed by atoms with Crippen molar-refractivity contribution in [2.24, 2.45) is 4.99 Å². The topological polar surface area (TPSA) is 108 Å². The first-order chi connectivity index (χ1) is 18.3. The highest BCUT2D eigenvalue weighted by Crippen LogP contribution is 2.35. The Hall–Kier alpha value is -3.67. The number of sulfonamides is 1. The molecule has 0 aliphatic carbocycles. The fourth-order valence-corrected chi connectivity index (χ4v) is 6.03. The van der Waals surface area contributed by atoms with E-state index < -0.39 is 15.9 Å². The van der Waals surface area contributed by atoms with Crippen LogP contribution in [0.5, 0.6) is 11.5 Å². The predicted molar refractivity (Wildman–Crippen MR) is 148 cm³/mol. The molecule has 1 N–H and O–H groups in total. The summed E-state index contributed by atoms with van der Waals surface area (Å²) >= 11 is 1.32. The molecular weight excluding hydrogens is 526 g/mol. The first kappa shape index (κ1) is 27.4. The Morgan fingerprint density at radius 3 is 2.26 bits per heavy atom. The van der Waals surface area contributed by atoms with Gasteiger partial charge < -0.3 is 18.8 Å². The second-order valence-corrected chi connectivity index (χ2v) is 11.0. The predicted octanol–water partition coefficient (Wildman–Crippen LogP) is 4.61. The second kappa shape index (κ2) is 11.8. The van der Waals surface area contributed by atoms with Crippen LogP contribution in [-0.4, -0.2) is 46.3 Å².